The number of nitrogens with zero attached hydrogens (tertiary/aromatic N) is 1. The summed E-state index contributed by atoms with van der Waals surface area (Å²) < 4.78 is 0.756. The van der Waals surface area contributed by atoms with Crippen molar-refractivity contribution in [3.63, 3.8) is 0 Å². The quantitative estimate of drug-likeness (QED) is 0.598. The van der Waals surface area contributed by atoms with E-state index in [1.165, 1.54) is 23.5 Å². The van der Waals surface area contributed by atoms with Crippen LogP contribution in [0.3, 0.4) is 0 Å². The molecule has 0 saturated heterocycles. The molecule has 1 amide bonds. The summed E-state index contributed by atoms with van der Waals surface area (Å²) in [6.07, 6.45) is 3.74. The van der Waals surface area contributed by atoms with Crippen LogP contribution >= 0.6 is 46.7 Å². The fourth-order valence-corrected chi connectivity index (χ4v) is 4.14. The maximum atomic E-state index is 12.0. The van der Waals surface area contributed by atoms with Crippen molar-refractivity contribution in [3.05, 3.63) is 62.5 Å². The Kier molecular flexibility index (Phi) is 5.79. The summed E-state index contributed by atoms with van der Waals surface area (Å²) in [5, 5.41) is 4.41. The number of aliphatic imine (C=N–C) groups is 1. The number of halogens is 2. The predicted molar refractivity (Wildman–Crippen MR) is 112 cm³/mol. The second-order valence-electron chi connectivity index (χ2n) is 5.26. The monoisotopic (exact) mass is 408 g/mol. The van der Waals surface area contributed by atoms with Gasteiger partial charge < -0.3 is 5.32 Å². The van der Waals surface area contributed by atoms with Gasteiger partial charge in [0.15, 0.2) is 0 Å². The van der Waals surface area contributed by atoms with Crippen LogP contribution in [-0.4, -0.2) is 16.5 Å². The van der Waals surface area contributed by atoms with Gasteiger partial charge in [-0.25, -0.2) is 0 Å². The number of rotatable bonds is 3. The van der Waals surface area contributed by atoms with E-state index in [1.54, 1.807) is 6.07 Å². The normalized spacial score (nSPS) is 15.6. The number of amides is 1. The number of para-hydroxylation sites is 1. The fraction of sp³-hybridized carbons (Fsp3) is 0.111. The summed E-state index contributed by atoms with van der Waals surface area (Å²) in [7, 11) is 0. The van der Waals surface area contributed by atoms with Gasteiger partial charge in [-0.15, -0.1) is 11.8 Å². The van der Waals surface area contributed by atoms with E-state index in [0.29, 0.717) is 20.6 Å². The van der Waals surface area contributed by atoms with Crippen molar-refractivity contribution in [1.29, 1.82) is 0 Å². The highest BCUT2D eigenvalue weighted by molar-refractivity contribution is 8.40. The van der Waals surface area contributed by atoms with Crippen molar-refractivity contribution in [1.82, 2.24) is 0 Å². The van der Waals surface area contributed by atoms with E-state index in [2.05, 4.69) is 10.3 Å². The number of aryl methyl sites for hydroxylation is 1. The first-order valence-electron chi connectivity index (χ1n) is 7.37. The number of thioether (sulfide) groups is 2. The van der Waals surface area contributed by atoms with E-state index in [0.717, 1.165) is 21.2 Å². The molecule has 0 saturated carbocycles. The van der Waals surface area contributed by atoms with Gasteiger partial charge in [0.05, 0.1) is 20.6 Å². The highest BCUT2D eigenvalue weighted by Crippen LogP contribution is 2.38. The molecule has 2 aromatic carbocycles. The summed E-state index contributed by atoms with van der Waals surface area (Å²) in [6.45, 7) is 1.92. The average Bonchev–Trinajstić information content (AvgIpc) is 2.96. The third-order valence-electron chi connectivity index (χ3n) is 3.57. The Bertz CT molecular complexity index is 910. The minimum absolute atomic E-state index is 0.212. The lowest BCUT2D eigenvalue weighted by atomic mass is 10.1. The SMILES string of the molecule is CSC1=NC(=O)C(=Cc2ccccc2Nc2c(Cl)ccc(C)c2Cl)S1. The van der Waals surface area contributed by atoms with Crippen molar-refractivity contribution in [3.8, 4) is 0 Å². The molecule has 0 aliphatic carbocycles. The molecule has 0 fully saturated rings. The van der Waals surface area contributed by atoms with Crippen molar-refractivity contribution in [2.24, 2.45) is 4.99 Å². The van der Waals surface area contributed by atoms with E-state index in [-0.39, 0.29) is 5.91 Å². The molecule has 0 bridgehead atoms. The second-order valence-corrected chi connectivity index (χ2v) is 8.13. The molecule has 0 aromatic heterocycles. The summed E-state index contributed by atoms with van der Waals surface area (Å²) in [6, 6.07) is 11.4. The van der Waals surface area contributed by atoms with Crippen LogP contribution in [0, 0.1) is 6.92 Å². The maximum Gasteiger partial charge on any atom is 0.285 e. The van der Waals surface area contributed by atoms with Gasteiger partial charge in [0, 0.05) is 5.69 Å². The highest BCUT2D eigenvalue weighted by atomic mass is 35.5. The summed E-state index contributed by atoms with van der Waals surface area (Å²) in [5.74, 6) is -0.212. The summed E-state index contributed by atoms with van der Waals surface area (Å²) in [5.41, 5.74) is 3.27. The van der Waals surface area contributed by atoms with Crippen LogP contribution in [-0.2, 0) is 4.79 Å². The molecular weight excluding hydrogens is 395 g/mol. The van der Waals surface area contributed by atoms with Gasteiger partial charge >= 0.3 is 0 Å². The van der Waals surface area contributed by atoms with Crippen LogP contribution in [0.25, 0.3) is 6.08 Å². The minimum atomic E-state index is -0.212. The lowest BCUT2D eigenvalue weighted by molar-refractivity contribution is -0.113. The van der Waals surface area contributed by atoms with Crippen LogP contribution in [0.2, 0.25) is 10.0 Å². The second kappa shape index (κ2) is 7.87. The molecule has 0 unspecified atom stereocenters. The zero-order valence-corrected chi connectivity index (χ0v) is 16.6. The Morgan fingerprint density at radius 2 is 1.96 bits per heavy atom. The lowest BCUT2D eigenvalue weighted by Crippen LogP contribution is -1.97. The van der Waals surface area contributed by atoms with Gasteiger partial charge in [0.25, 0.3) is 5.91 Å². The minimum Gasteiger partial charge on any atom is -0.353 e. The lowest BCUT2D eigenvalue weighted by Gasteiger charge is -2.14. The van der Waals surface area contributed by atoms with E-state index >= 15 is 0 Å². The van der Waals surface area contributed by atoms with Gasteiger partial charge in [-0.3, -0.25) is 4.79 Å². The molecule has 1 aliphatic heterocycles. The third-order valence-corrected chi connectivity index (χ3v) is 6.34. The first kappa shape index (κ1) is 18.4. The fourth-order valence-electron chi connectivity index (χ4n) is 2.26. The number of carbonyl (C=O) groups is 1. The molecular formula is C18H14Cl2N2OS2. The van der Waals surface area contributed by atoms with Crippen LogP contribution in [0.1, 0.15) is 11.1 Å². The van der Waals surface area contributed by atoms with Gasteiger partial charge in [0.2, 0.25) is 0 Å². The van der Waals surface area contributed by atoms with Crippen LogP contribution < -0.4 is 5.32 Å². The highest BCUT2D eigenvalue weighted by Gasteiger charge is 2.21. The molecule has 7 heteroatoms. The number of nitrogens with one attached hydrogen (secondary N) is 1. The smallest absolute Gasteiger partial charge is 0.285 e. The van der Waals surface area contributed by atoms with E-state index in [1.807, 2.05) is 49.6 Å². The van der Waals surface area contributed by atoms with E-state index < -0.39 is 0 Å². The Morgan fingerprint density at radius 3 is 2.68 bits per heavy atom. The molecule has 128 valence electrons. The van der Waals surface area contributed by atoms with Gasteiger partial charge in [0.1, 0.15) is 4.38 Å². The largest absolute Gasteiger partial charge is 0.353 e. The number of carbonyl (C=O) groups excluding carboxylic acids is 1. The van der Waals surface area contributed by atoms with Crippen LogP contribution in [0.4, 0.5) is 11.4 Å². The predicted octanol–water partition coefficient (Wildman–Crippen LogP) is 6.38. The molecule has 1 heterocycles. The van der Waals surface area contributed by atoms with Crippen molar-refractivity contribution >= 4 is 74.5 Å². The Balaban J connectivity index is 1.96. The first-order chi connectivity index (χ1) is 12.0. The third kappa shape index (κ3) is 4.06. The van der Waals surface area contributed by atoms with Crippen LogP contribution in [0.15, 0.2) is 46.3 Å². The molecule has 1 N–H and O–H groups in total. The van der Waals surface area contributed by atoms with Gasteiger partial charge in [-0.2, -0.15) is 4.99 Å². The maximum absolute atomic E-state index is 12.0. The number of hydrogen-bond acceptors (Lipinski definition) is 4. The van der Waals surface area contributed by atoms with Crippen molar-refractivity contribution < 1.29 is 4.79 Å². The number of anilines is 2. The molecule has 0 atom stereocenters. The van der Waals surface area contributed by atoms with Gasteiger partial charge in [-0.1, -0.05) is 59.2 Å². The Labute approximate surface area is 164 Å². The topological polar surface area (TPSA) is 41.5 Å². The van der Waals surface area contributed by atoms with E-state index in [9.17, 15) is 4.79 Å². The Hall–Kier alpha value is -1.40. The van der Waals surface area contributed by atoms with Crippen LogP contribution in [0.5, 0.6) is 0 Å². The van der Waals surface area contributed by atoms with Crippen molar-refractivity contribution in [2.45, 2.75) is 6.92 Å². The molecule has 3 nitrogen and oxygen atoms in total. The van der Waals surface area contributed by atoms with Gasteiger partial charge in [-0.05, 0) is 42.5 Å². The molecule has 0 spiro atoms. The standard InChI is InChI=1S/C18H14Cl2N2OS2/c1-10-7-8-12(19)16(15(10)20)21-13-6-4-3-5-11(13)9-14-17(23)22-18(24-2)25-14/h3-9,21H,1-2H3. The molecule has 1 aliphatic rings. The molecule has 3 rings (SSSR count). The zero-order valence-electron chi connectivity index (χ0n) is 13.5. The Morgan fingerprint density at radius 1 is 1.20 bits per heavy atom. The average molecular weight is 409 g/mol. The first-order valence-corrected chi connectivity index (χ1v) is 10.2. The molecule has 2 aromatic rings. The van der Waals surface area contributed by atoms with E-state index in [4.69, 9.17) is 23.2 Å². The van der Waals surface area contributed by atoms with Crippen molar-refractivity contribution in [2.75, 3.05) is 11.6 Å². The number of benzene rings is 2. The summed E-state index contributed by atoms with van der Waals surface area (Å²) in [4.78, 5) is 16.6. The number of hydrogen-bond donors (Lipinski definition) is 1. The summed E-state index contributed by atoms with van der Waals surface area (Å²) >= 11 is 15.5. The molecule has 25 heavy (non-hydrogen) atoms. The molecule has 0 radical (unpaired) electrons. The zero-order chi connectivity index (χ0) is 18.0.